The van der Waals surface area contributed by atoms with Crippen LogP contribution in [0.3, 0.4) is 0 Å². The van der Waals surface area contributed by atoms with E-state index >= 15 is 0 Å². The van der Waals surface area contributed by atoms with E-state index < -0.39 is 10.0 Å². The second-order valence-electron chi connectivity index (χ2n) is 7.55. The summed E-state index contributed by atoms with van der Waals surface area (Å²) in [5, 5.41) is 2.93. The number of carbonyl (C=O) groups excluding carboxylic acids is 1. The summed E-state index contributed by atoms with van der Waals surface area (Å²) in [7, 11) is -3.61. The molecule has 1 N–H and O–H groups in total. The Morgan fingerprint density at radius 3 is 2.63 bits per heavy atom. The molecule has 1 aliphatic carbocycles. The lowest BCUT2D eigenvalue weighted by atomic mass is 10.0. The maximum Gasteiger partial charge on any atom is 0.251 e. The highest BCUT2D eigenvalue weighted by atomic mass is 32.2. The van der Waals surface area contributed by atoms with Gasteiger partial charge in [0.15, 0.2) is 0 Å². The Morgan fingerprint density at radius 2 is 1.93 bits per heavy atom. The number of hydrogen-bond acceptors (Lipinski definition) is 4. The van der Waals surface area contributed by atoms with Crippen LogP contribution in [0.1, 0.15) is 54.4 Å². The zero-order chi connectivity index (χ0) is 19.3. The first kappa shape index (κ1) is 20.3. The van der Waals surface area contributed by atoms with E-state index in [2.05, 4.69) is 5.32 Å². The molecule has 2 fully saturated rings. The van der Waals surface area contributed by atoms with Crippen LogP contribution in [0.2, 0.25) is 0 Å². The van der Waals surface area contributed by atoms with Gasteiger partial charge in [0.1, 0.15) is 0 Å². The highest BCUT2D eigenvalue weighted by Crippen LogP contribution is 2.28. The Kier molecular flexibility index (Phi) is 6.89. The van der Waals surface area contributed by atoms with Gasteiger partial charge in [0, 0.05) is 25.2 Å². The van der Waals surface area contributed by atoms with Gasteiger partial charge in [-0.05, 0) is 43.4 Å². The lowest BCUT2D eigenvalue weighted by Crippen LogP contribution is -2.41. The maximum atomic E-state index is 12.9. The summed E-state index contributed by atoms with van der Waals surface area (Å²) in [4.78, 5) is 12.7. The number of rotatable bonds is 7. The molecule has 2 aliphatic rings. The summed E-state index contributed by atoms with van der Waals surface area (Å²) in [6, 6.07) is 4.91. The summed E-state index contributed by atoms with van der Waals surface area (Å²) in [5.41, 5.74) is 1.05. The van der Waals surface area contributed by atoms with Crippen LogP contribution in [-0.2, 0) is 14.8 Å². The number of morpholine rings is 1. The van der Waals surface area contributed by atoms with E-state index in [0.717, 1.165) is 18.8 Å². The van der Waals surface area contributed by atoms with E-state index in [1.807, 2.05) is 0 Å². The molecule has 1 saturated carbocycles. The lowest BCUT2D eigenvalue weighted by Gasteiger charge is -2.26. The van der Waals surface area contributed by atoms with Gasteiger partial charge in [0.05, 0.1) is 18.1 Å². The topological polar surface area (TPSA) is 75.7 Å². The summed E-state index contributed by atoms with van der Waals surface area (Å²) in [5.74, 6) is 0.603. The quantitative estimate of drug-likeness (QED) is 0.722. The van der Waals surface area contributed by atoms with Gasteiger partial charge in [-0.3, -0.25) is 4.79 Å². The van der Waals surface area contributed by atoms with E-state index in [9.17, 15) is 13.2 Å². The smallest absolute Gasteiger partial charge is 0.251 e. The minimum absolute atomic E-state index is 0.208. The molecule has 7 heteroatoms. The van der Waals surface area contributed by atoms with Crippen LogP contribution in [-0.4, -0.2) is 51.5 Å². The Bertz CT molecular complexity index is 751. The minimum atomic E-state index is -3.61. The molecule has 1 aromatic carbocycles. The highest BCUT2D eigenvalue weighted by molar-refractivity contribution is 7.89. The van der Waals surface area contributed by atoms with Crippen LogP contribution < -0.4 is 5.32 Å². The van der Waals surface area contributed by atoms with Crippen molar-refractivity contribution < 1.29 is 17.9 Å². The van der Waals surface area contributed by atoms with Crippen molar-refractivity contribution in [2.45, 2.75) is 50.3 Å². The average molecular weight is 395 g/mol. The van der Waals surface area contributed by atoms with Crippen LogP contribution in [0.5, 0.6) is 0 Å². The van der Waals surface area contributed by atoms with Crippen molar-refractivity contribution >= 4 is 15.9 Å². The van der Waals surface area contributed by atoms with Crippen molar-refractivity contribution in [3.05, 3.63) is 29.3 Å². The van der Waals surface area contributed by atoms with Gasteiger partial charge in [-0.1, -0.05) is 31.7 Å². The molecule has 0 radical (unpaired) electrons. The molecule has 150 valence electrons. The number of aryl methyl sites for hydroxylation is 1. The first-order valence-corrected chi connectivity index (χ1v) is 11.4. The normalized spacial score (nSPS) is 19.3. The van der Waals surface area contributed by atoms with Crippen molar-refractivity contribution in [3.8, 4) is 0 Å². The fourth-order valence-corrected chi connectivity index (χ4v) is 5.60. The van der Waals surface area contributed by atoms with Crippen molar-refractivity contribution in [1.29, 1.82) is 0 Å². The number of carbonyl (C=O) groups is 1. The van der Waals surface area contributed by atoms with Crippen LogP contribution in [0.15, 0.2) is 23.1 Å². The van der Waals surface area contributed by atoms with Gasteiger partial charge in [-0.15, -0.1) is 0 Å². The van der Waals surface area contributed by atoms with E-state index in [1.165, 1.54) is 36.1 Å². The molecule has 3 rings (SSSR count). The SMILES string of the molecule is Cc1ccc(C(=O)NCCCC2CCCC2)cc1S(=O)(=O)N1CCOCC1. The van der Waals surface area contributed by atoms with Crippen LogP contribution in [0, 0.1) is 12.8 Å². The Hall–Kier alpha value is -1.44. The molecular weight excluding hydrogens is 364 g/mol. The summed E-state index contributed by atoms with van der Waals surface area (Å²) in [6.45, 7) is 3.89. The number of hydrogen-bond donors (Lipinski definition) is 1. The molecule has 27 heavy (non-hydrogen) atoms. The second kappa shape index (κ2) is 9.17. The molecular formula is C20H30N2O4S. The summed E-state index contributed by atoms with van der Waals surface area (Å²) < 4.78 is 32.5. The van der Waals surface area contributed by atoms with E-state index in [1.54, 1.807) is 19.1 Å². The molecule has 1 aliphatic heterocycles. The third kappa shape index (κ3) is 5.09. The Morgan fingerprint density at radius 1 is 1.22 bits per heavy atom. The molecule has 0 unspecified atom stereocenters. The number of amides is 1. The molecule has 1 heterocycles. The molecule has 0 bridgehead atoms. The first-order valence-electron chi connectivity index (χ1n) is 9.95. The van der Waals surface area contributed by atoms with Crippen molar-refractivity contribution in [1.82, 2.24) is 9.62 Å². The van der Waals surface area contributed by atoms with Gasteiger partial charge in [0.25, 0.3) is 5.91 Å². The number of nitrogens with one attached hydrogen (secondary N) is 1. The molecule has 0 atom stereocenters. The molecule has 1 saturated heterocycles. The largest absolute Gasteiger partial charge is 0.379 e. The van der Waals surface area contributed by atoms with E-state index in [-0.39, 0.29) is 10.8 Å². The first-order chi connectivity index (χ1) is 13.0. The number of ether oxygens (including phenoxy) is 1. The standard InChI is InChI=1S/C20H30N2O4S/c1-16-8-9-18(20(23)21-10-4-7-17-5-2-3-6-17)15-19(16)27(24,25)22-11-13-26-14-12-22/h8-9,15,17H,2-7,10-14H2,1H3,(H,21,23). The zero-order valence-corrected chi connectivity index (χ0v) is 16.9. The van der Waals surface area contributed by atoms with Crippen LogP contribution >= 0.6 is 0 Å². The fourth-order valence-electron chi connectivity index (χ4n) is 3.94. The van der Waals surface area contributed by atoms with Gasteiger partial charge in [-0.25, -0.2) is 8.42 Å². The predicted molar refractivity (Wildman–Crippen MR) is 104 cm³/mol. The lowest BCUT2D eigenvalue weighted by molar-refractivity contribution is 0.0730. The third-order valence-corrected chi connectivity index (χ3v) is 7.63. The summed E-state index contributed by atoms with van der Waals surface area (Å²) >= 11 is 0. The van der Waals surface area contributed by atoms with E-state index in [0.29, 0.717) is 44.0 Å². The molecule has 1 aromatic rings. The van der Waals surface area contributed by atoms with E-state index in [4.69, 9.17) is 4.74 Å². The van der Waals surface area contributed by atoms with Gasteiger partial charge in [0.2, 0.25) is 10.0 Å². The van der Waals surface area contributed by atoms with Crippen LogP contribution in [0.4, 0.5) is 0 Å². The highest BCUT2D eigenvalue weighted by Gasteiger charge is 2.28. The van der Waals surface area contributed by atoms with Crippen molar-refractivity contribution in [2.24, 2.45) is 5.92 Å². The molecule has 0 spiro atoms. The van der Waals surface area contributed by atoms with Gasteiger partial charge >= 0.3 is 0 Å². The third-order valence-electron chi connectivity index (χ3n) is 5.59. The number of benzene rings is 1. The minimum Gasteiger partial charge on any atom is -0.379 e. The molecule has 6 nitrogen and oxygen atoms in total. The van der Waals surface area contributed by atoms with Gasteiger partial charge in [-0.2, -0.15) is 4.31 Å². The zero-order valence-electron chi connectivity index (χ0n) is 16.1. The maximum absolute atomic E-state index is 12.9. The predicted octanol–water partition coefficient (Wildman–Crippen LogP) is 2.72. The second-order valence-corrected chi connectivity index (χ2v) is 9.45. The molecule has 0 aromatic heterocycles. The summed E-state index contributed by atoms with van der Waals surface area (Å²) in [6.07, 6.45) is 7.43. The van der Waals surface area contributed by atoms with Crippen molar-refractivity contribution in [2.75, 3.05) is 32.8 Å². The average Bonchev–Trinajstić information content (AvgIpc) is 3.19. The van der Waals surface area contributed by atoms with Gasteiger partial charge < -0.3 is 10.1 Å². The monoisotopic (exact) mass is 394 g/mol. The Labute approximate surface area is 162 Å². The fraction of sp³-hybridized carbons (Fsp3) is 0.650. The molecule has 1 amide bonds. The number of nitrogens with zero attached hydrogens (tertiary/aromatic N) is 1. The van der Waals surface area contributed by atoms with Crippen molar-refractivity contribution in [3.63, 3.8) is 0 Å². The number of sulfonamides is 1. The van der Waals surface area contributed by atoms with Crippen LogP contribution in [0.25, 0.3) is 0 Å². The Balaban J connectivity index is 1.62.